The number of rotatable bonds is 5. The average Bonchev–Trinajstić information content (AvgIpc) is 2.48. The van der Waals surface area contributed by atoms with Crippen molar-refractivity contribution in [1.29, 1.82) is 0 Å². The standard InChI is InChI=1S/C16H19NO4S/c1-11-9-16(12(2)8-15(11)21-4)22(18,19)17-13-6-5-7-14(10-13)20-3/h5-10,17H,1-4H3. The predicted octanol–water partition coefficient (Wildman–Crippen LogP) is 3.12. The van der Waals surface area contributed by atoms with Crippen LogP contribution in [0.5, 0.6) is 11.5 Å². The highest BCUT2D eigenvalue weighted by molar-refractivity contribution is 7.92. The van der Waals surface area contributed by atoms with Crippen molar-refractivity contribution in [2.45, 2.75) is 18.7 Å². The fourth-order valence-electron chi connectivity index (χ4n) is 2.17. The van der Waals surface area contributed by atoms with E-state index >= 15 is 0 Å². The molecule has 22 heavy (non-hydrogen) atoms. The van der Waals surface area contributed by atoms with Crippen molar-refractivity contribution in [2.75, 3.05) is 18.9 Å². The SMILES string of the molecule is COc1cccc(NS(=O)(=O)c2cc(C)c(OC)cc2C)c1. The first kappa shape index (κ1) is 16.2. The number of hydrogen-bond donors (Lipinski definition) is 1. The quantitative estimate of drug-likeness (QED) is 0.919. The zero-order valence-electron chi connectivity index (χ0n) is 13.0. The Hall–Kier alpha value is -2.21. The lowest BCUT2D eigenvalue weighted by atomic mass is 10.1. The third-order valence-corrected chi connectivity index (χ3v) is 4.83. The van der Waals surface area contributed by atoms with E-state index in [1.54, 1.807) is 50.4 Å². The zero-order chi connectivity index (χ0) is 16.3. The number of anilines is 1. The highest BCUT2D eigenvalue weighted by Gasteiger charge is 2.19. The van der Waals surface area contributed by atoms with E-state index in [0.717, 1.165) is 5.56 Å². The first-order chi connectivity index (χ1) is 10.4. The molecule has 0 aliphatic heterocycles. The maximum atomic E-state index is 12.6. The van der Waals surface area contributed by atoms with E-state index in [0.29, 0.717) is 22.7 Å². The second-order valence-electron chi connectivity index (χ2n) is 4.92. The monoisotopic (exact) mass is 321 g/mol. The molecule has 0 spiro atoms. The summed E-state index contributed by atoms with van der Waals surface area (Å²) < 4.78 is 38.0. The summed E-state index contributed by atoms with van der Waals surface area (Å²) in [5.74, 6) is 1.25. The molecule has 0 saturated heterocycles. The zero-order valence-corrected chi connectivity index (χ0v) is 13.8. The van der Waals surface area contributed by atoms with E-state index < -0.39 is 10.0 Å². The summed E-state index contributed by atoms with van der Waals surface area (Å²) in [6, 6.07) is 10.1. The number of methoxy groups -OCH3 is 2. The van der Waals surface area contributed by atoms with Crippen LogP contribution in [-0.4, -0.2) is 22.6 Å². The molecule has 0 unspecified atom stereocenters. The van der Waals surface area contributed by atoms with Crippen molar-refractivity contribution >= 4 is 15.7 Å². The number of aryl methyl sites for hydroxylation is 2. The predicted molar refractivity (Wildman–Crippen MR) is 86.3 cm³/mol. The van der Waals surface area contributed by atoms with Gasteiger partial charge in [-0.15, -0.1) is 0 Å². The average molecular weight is 321 g/mol. The van der Waals surface area contributed by atoms with Crippen molar-refractivity contribution in [3.05, 3.63) is 47.5 Å². The molecule has 0 aliphatic rings. The number of ether oxygens (including phenoxy) is 2. The molecule has 0 atom stereocenters. The van der Waals surface area contributed by atoms with E-state index in [1.807, 2.05) is 6.92 Å². The summed E-state index contributed by atoms with van der Waals surface area (Å²) in [5.41, 5.74) is 1.84. The largest absolute Gasteiger partial charge is 0.497 e. The van der Waals surface area contributed by atoms with E-state index in [-0.39, 0.29) is 4.90 Å². The van der Waals surface area contributed by atoms with Gasteiger partial charge in [-0.25, -0.2) is 8.42 Å². The van der Waals surface area contributed by atoms with Gasteiger partial charge >= 0.3 is 0 Å². The van der Waals surface area contributed by atoms with Gasteiger partial charge in [0.1, 0.15) is 11.5 Å². The molecule has 2 aromatic carbocycles. The van der Waals surface area contributed by atoms with Gasteiger partial charge in [-0.05, 0) is 49.2 Å². The van der Waals surface area contributed by atoms with E-state index in [2.05, 4.69) is 4.72 Å². The Balaban J connectivity index is 2.40. The lowest BCUT2D eigenvalue weighted by molar-refractivity contribution is 0.411. The second kappa shape index (κ2) is 6.27. The molecule has 1 N–H and O–H groups in total. The maximum Gasteiger partial charge on any atom is 0.262 e. The molecule has 0 radical (unpaired) electrons. The van der Waals surface area contributed by atoms with Crippen LogP contribution in [0.4, 0.5) is 5.69 Å². The fraction of sp³-hybridized carbons (Fsp3) is 0.250. The molecule has 0 heterocycles. The van der Waals surface area contributed by atoms with Crippen molar-refractivity contribution in [3.63, 3.8) is 0 Å². The Kier molecular flexibility index (Phi) is 4.61. The van der Waals surface area contributed by atoms with E-state index in [4.69, 9.17) is 9.47 Å². The normalized spacial score (nSPS) is 11.1. The van der Waals surface area contributed by atoms with E-state index in [9.17, 15) is 8.42 Å². The summed E-state index contributed by atoms with van der Waals surface area (Å²) in [5, 5.41) is 0. The topological polar surface area (TPSA) is 64.6 Å². The Morgan fingerprint density at radius 3 is 2.32 bits per heavy atom. The molecular formula is C16H19NO4S. The van der Waals surface area contributed by atoms with Crippen molar-refractivity contribution in [1.82, 2.24) is 0 Å². The van der Waals surface area contributed by atoms with Gasteiger partial charge in [0.25, 0.3) is 10.0 Å². The summed E-state index contributed by atoms with van der Waals surface area (Å²) in [4.78, 5) is 0.230. The second-order valence-corrected chi connectivity index (χ2v) is 6.58. The van der Waals surface area contributed by atoms with Gasteiger partial charge in [0.15, 0.2) is 0 Å². The van der Waals surface area contributed by atoms with Crippen molar-refractivity contribution < 1.29 is 17.9 Å². The van der Waals surface area contributed by atoms with Crippen LogP contribution < -0.4 is 14.2 Å². The summed E-state index contributed by atoms with van der Waals surface area (Å²) in [7, 11) is -0.585. The molecule has 5 nitrogen and oxygen atoms in total. The van der Waals surface area contributed by atoms with Crippen molar-refractivity contribution in [2.24, 2.45) is 0 Å². The number of hydrogen-bond acceptors (Lipinski definition) is 4. The number of benzene rings is 2. The molecule has 0 aliphatic carbocycles. The molecular weight excluding hydrogens is 302 g/mol. The fourth-order valence-corrected chi connectivity index (χ4v) is 3.53. The maximum absolute atomic E-state index is 12.6. The van der Waals surface area contributed by atoms with Crippen LogP contribution in [0, 0.1) is 13.8 Å². The lowest BCUT2D eigenvalue weighted by Crippen LogP contribution is -2.14. The first-order valence-corrected chi connectivity index (χ1v) is 8.18. The lowest BCUT2D eigenvalue weighted by Gasteiger charge is -2.14. The number of sulfonamides is 1. The van der Waals surface area contributed by atoms with Crippen LogP contribution in [-0.2, 0) is 10.0 Å². The van der Waals surface area contributed by atoms with Gasteiger partial charge in [0, 0.05) is 6.07 Å². The van der Waals surface area contributed by atoms with Crippen LogP contribution in [0.25, 0.3) is 0 Å². The molecule has 0 aromatic heterocycles. The molecule has 0 saturated carbocycles. The third-order valence-electron chi connectivity index (χ3n) is 3.30. The molecule has 118 valence electrons. The molecule has 0 bridgehead atoms. The molecule has 2 rings (SSSR count). The van der Waals surface area contributed by atoms with Crippen molar-refractivity contribution in [3.8, 4) is 11.5 Å². The molecule has 0 fully saturated rings. The van der Waals surface area contributed by atoms with Crippen LogP contribution in [0.3, 0.4) is 0 Å². The van der Waals surface area contributed by atoms with Crippen LogP contribution in [0.2, 0.25) is 0 Å². The minimum Gasteiger partial charge on any atom is -0.497 e. The summed E-state index contributed by atoms with van der Waals surface area (Å²) in [6.45, 7) is 3.55. The Morgan fingerprint density at radius 1 is 0.955 bits per heavy atom. The van der Waals surface area contributed by atoms with Gasteiger partial charge in [-0.3, -0.25) is 4.72 Å². The van der Waals surface area contributed by atoms with Gasteiger partial charge in [-0.1, -0.05) is 6.07 Å². The van der Waals surface area contributed by atoms with Crippen LogP contribution in [0.15, 0.2) is 41.3 Å². The highest BCUT2D eigenvalue weighted by atomic mass is 32.2. The Bertz CT molecular complexity index is 785. The minimum atomic E-state index is -3.68. The smallest absolute Gasteiger partial charge is 0.262 e. The summed E-state index contributed by atoms with van der Waals surface area (Å²) >= 11 is 0. The van der Waals surface area contributed by atoms with Crippen LogP contribution >= 0.6 is 0 Å². The minimum absolute atomic E-state index is 0.230. The number of nitrogens with one attached hydrogen (secondary N) is 1. The Labute approximate surface area is 130 Å². The molecule has 0 amide bonds. The third kappa shape index (κ3) is 3.33. The van der Waals surface area contributed by atoms with Gasteiger partial charge in [-0.2, -0.15) is 0 Å². The Morgan fingerprint density at radius 2 is 1.68 bits per heavy atom. The highest BCUT2D eigenvalue weighted by Crippen LogP contribution is 2.27. The van der Waals surface area contributed by atoms with Gasteiger partial charge < -0.3 is 9.47 Å². The summed E-state index contributed by atoms with van der Waals surface area (Å²) in [6.07, 6.45) is 0. The van der Waals surface area contributed by atoms with Gasteiger partial charge in [0.2, 0.25) is 0 Å². The molecule has 2 aromatic rings. The van der Waals surface area contributed by atoms with Gasteiger partial charge in [0.05, 0.1) is 24.8 Å². The van der Waals surface area contributed by atoms with E-state index in [1.165, 1.54) is 7.11 Å². The molecule has 6 heteroatoms. The van der Waals surface area contributed by atoms with Crippen LogP contribution in [0.1, 0.15) is 11.1 Å². The first-order valence-electron chi connectivity index (χ1n) is 6.69.